The molecule has 0 saturated carbocycles. The zero-order valence-corrected chi connectivity index (χ0v) is 15.9. The molecule has 0 amide bonds. The average molecular weight is 367 g/mol. The van der Waals surface area contributed by atoms with Gasteiger partial charge in [0.1, 0.15) is 17.1 Å². The number of aromatic carboxylic acids is 1. The predicted octanol–water partition coefficient (Wildman–Crippen LogP) is 2.84. The first-order valence-corrected chi connectivity index (χ1v) is 9.28. The number of likely N-dealkylation sites (tertiary alicyclic amines) is 1. The van der Waals surface area contributed by atoms with Crippen LogP contribution in [0.1, 0.15) is 27.7 Å². The van der Waals surface area contributed by atoms with Gasteiger partial charge in [0.05, 0.1) is 7.11 Å². The number of benzene rings is 1. The molecule has 1 N–H and O–H groups in total. The van der Waals surface area contributed by atoms with Crippen LogP contribution in [0.3, 0.4) is 0 Å². The summed E-state index contributed by atoms with van der Waals surface area (Å²) < 4.78 is 5.28. The third kappa shape index (κ3) is 3.14. The van der Waals surface area contributed by atoms with Gasteiger partial charge in [-0.2, -0.15) is 0 Å². The van der Waals surface area contributed by atoms with E-state index in [2.05, 4.69) is 34.0 Å². The Kier molecular flexibility index (Phi) is 4.52. The molecule has 6 heteroatoms. The van der Waals surface area contributed by atoms with Crippen LogP contribution in [0.4, 0.5) is 5.82 Å². The molecule has 142 valence electrons. The van der Waals surface area contributed by atoms with Crippen LogP contribution in [0.25, 0.3) is 0 Å². The first kappa shape index (κ1) is 17.8. The van der Waals surface area contributed by atoms with Gasteiger partial charge in [0, 0.05) is 37.3 Å². The van der Waals surface area contributed by atoms with Crippen molar-refractivity contribution in [1.29, 1.82) is 0 Å². The number of carbonyl (C=O) groups is 1. The highest BCUT2D eigenvalue weighted by molar-refractivity contribution is 5.93. The van der Waals surface area contributed by atoms with Gasteiger partial charge in [-0.3, -0.25) is 4.90 Å². The van der Waals surface area contributed by atoms with Crippen LogP contribution < -0.4 is 9.64 Å². The highest BCUT2D eigenvalue weighted by Crippen LogP contribution is 2.45. The van der Waals surface area contributed by atoms with Crippen molar-refractivity contribution >= 4 is 11.8 Å². The first-order valence-electron chi connectivity index (χ1n) is 9.28. The Hall–Kier alpha value is -2.60. The van der Waals surface area contributed by atoms with Crippen LogP contribution in [-0.4, -0.2) is 54.8 Å². The molecule has 2 aliphatic heterocycles. The third-order valence-corrected chi connectivity index (χ3v) is 5.90. The molecule has 0 radical (unpaired) electrons. The topological polar surface area (TPSA) is 65.9 Å². The summed E-state index contributed by atoms with van der Waals surface area (Å²) >= 11 is 0. The fourth-order valence-corrected chi connectivity index (χ4v) is 4.68. The van der Waals surface area contributed by atoms with Crippen LogP contribution in [0, 0.1) is 18.8 Å². The van der Waals surface area contributed by atoms with Crippen molar-refractivity contribution in [1.82, 2.24) is 9.88 Å². The Balaban J connectivity index is 1.61. The van der Waals surface area contributed by atoms with E-state index in [0.717, 1.165) is 31.1 Å². The number of ether oxygens (including phenoxy) is 1. The van der Waals surface area contributed by atoms with E-state index in [-0.39, 0.29) is 5.56 Å². The fourth-order valence-electron chi connectivity index (χ4n) is 4.68. The van der Waals surface area contributed by atoms with E-state index in [1.54, 1.807) is 19.2 Å². The van der Waals surface area contributed by atoms with Gasteiger partial charge >= 0.3 is 5.97 Å². The molecule has 3 atom stereocenters. The normalized spacial score (nSPS) is 24.9. The SMILES string of the molecule is COc1ccc([C@H]2[C@@H]3CN(c4nc(C)ccc4C(=O)O)C[C@@H]3CN2C)cc1. The average Bonchev–Trinajstić information content (AvgIpc) is 3.18. The lowest BCUT2D eigenvalue weighted by Crippen LogP contribution is -2.30. The Morgan fingerprint density at radius 3 is 2.56 bits per heavy atom. The number of hydrogen-bond donors (Lipinski definition) is 1. The Labute approximate surface area is 159 Å². The van der Waals surface area contributed by atoms with E-state index in [1.807, 2.05) is 19.1 Å². The van der Waals surface area contributed by atoms with Crippen molar-refractivity contribution in [2.75, 3.05) is 38.7 Å². The van der Waals surface area contributed by atoms with Crippen molar-refractivity contribution in [2.45, 2.75) is 13.0 Å². The lowest BCUT2D eigenvalue weighted by molar-refractivity contribution is 0.0697. The second kappa shape index (κ2) is 6.85. The van der Waals surface area contributed by atoms with Crippen LogP contribution in [0.5, 0.6) is 5.75 Å². The predicted molar refractivity (Wildman–Crippen MR) is 103 cm³/mol. The zero-order chi connectivity index (χ0) is 19.1. The fraction of sp³-hybridized carbons (Fsp3) is 0.429. The molecule has 0 aliphatic carbocycles. The smallest absolute Gasteiger partial charge is 0.339 e. The van der Waals surface area contributed by atoms with Gasteiger partial charge in [0.15, 0.2) is 0 Å². The lowest BCUT2D eigenvalue weighted by Gasteiger charge is -2.28. The molecular formula is C21H25N3O3. The molecule has 2 aliphatic rings. The summed E-state index contributed by atoms with van der Waals surface area (Å²) in [6.45, 7) is 4.58. The molecule has 2 saturated heterocycles. The lowest BCUT2D eigenvalue weighted by atomic mass is 9.89. The monoisotopic (exact) mass is 367 g/mol. The van der Waals surface area contributed by atoms with Crippen LogP contribution >= 0.6 is 0 Å². The second-order valence-corrected chi connectivity index (χ2v) is 7.62. The van der Waals surface area contributed by atoms with Gasteiger partial charge in [-0.25, -0.2) is 9.78 Å². The van der Waals surface area contributed by atoms with Crippen molar-refractivity contribution in [2.24, 2.45) is 11.8 Å². The largest absolute Gasteiger partial charge is 0.497 e. The maximum Gasteiger partial charge on any atom is 0.339 e. The molecule has 0 unspecified atom stereocenters. The second-order valence-electron chi connectivity index (χ2n) is 7.62. The van der Waals surface area contributed by atoms with Crippen molar-refractivity contribution < 1.29 is 14.6 Å². The minimum atomic E-state index is -0.918. The van der Waals surface area contributed by atoms with Crippen molar-refractivity contribution in [3.63, 3.8) is 0 Å². The molecule has 1 aromatic heterocycles. The number of rotatable bonds is 4. The molecule has 3 heterocycles. The zero-order valence-electron chi connectivity index (χ0n) is 15.9. The molecule has 2 fully saturated rings. The maximum absolute atomic E-state index is 11.6. The van der Waals surface area contributed by atoms with Gasteiger partial charge in [0.2, 0.25) is 0 Å². The number of carboxylic acid groups (broad SMARTS) is 1. The number of pyridine rings is 1. The van der Waals surface area contributed by atoms with Gasteiger partial charge in [-0.1, -0.05) is 12.1 Å². The van der Waals surface area contributed by atoms with Crippen LogP contribution in [0.2, 0.25) is 0 Å². The van der Waals surface area contributed by atoms with E-state index in [1.165, 1.54) is 5.56 Å². The minimum Gasteiger partial charge on any atom is -0.497 e. The Bertz CT molecular complexity index is 852. The molecule has 0 bridgehead atoms. The van der Waals surface area contributed by atoms with E-state index >= 15 is 0 Å². The van der Waals surface area contributed by atoms with E-state index in [0.29, 0.717) is 23.7 Å². The number of carboxylic acids is 1. The summed E-state index contributed by atoms with van der Waals surface area (Å²) in [6.07, 6.45) is 0. The number of anilines is 1. The van der Waals surface area contributed by atoms with Crippen molar-refractivity contribution in [3.05, 3.63) is 53.2 Å². The summed E-state index contributed by atoms with van der Waals surface area (Å²) in [5.41, 5.74) is 2.41. The number of nitrogens with zero attached hydrogens (tertiary/aromatic N) is 3. The number of fused-ring (bicyclic) bond motifs is 1. The molecule has 6 nitrogen and oxygen atoms in total. The first-order chi connectivity index (χ1) is 13.0. The Morgan fingerprint density at radius 2 is 1.89 bits per heavy atom. The van der Waals surface area contributed by atoms with Crippen LogP contribution in [0.15, 0.2) is 36.4 Å². The highest BCUT2D eigenvalue weighted by Gasteiger charge is 2.46. The van der Waals surface area contributed by atoms with Gasteiger partial charge in [-0.05, 0) is 49.7 Å². The number of hydrogen-bond acceptors (Lipinski definition) is 5. The quantitative estimate of drug-likeness (QED) is 0.896. The third-order valence-electron chi connectivity index (χ3n) is 5.90. The maximum atomic E-state index is 11.6. The summed E-state index contributed by atoms with van der Waals surface area (Å²) in [7, 11) is 3.85. The molecule has 27 heavy (non-hydrogen) atoms. The minimum absolute atomic E-state index is 0.287. The summed E-state index contributed by atoms with van der Waals surface area (Å²) in [5, 5.41) is 9.55. The van der Waals surface area contributed by atoms with E-state index in [9.17, 15) is 9.90 Å². The number of aryl methyl sites for hydroxylation is 1. The van der Waals surface area contributed by atoms with Gasteiger partial charge in [-0.15, -0.1) is 0 Å². The highest BCUT2D eigenvalue weighted by atomic mass is 16.5. The number of aromatic nitrogens is 1. The molecule has 2 aromatic rings. The molecule has 0 spiro atoms. The molecule has 1 aromatic carbocycles. The summed E-state index contributed by atoms with van der Waals surface area (Å²) in [6, 6.07) is 12.0. The summed E-state index contributed by atoms with van der Waals surface area (Å²) in [4.78, 5) is 20.8. The van der Waals surface area contributed by atoms with Crippen molar-refractivity contribution in [3.8, 4) is 5.75 Å². The molecular weight excluding hydrogens is 342 g/mol. The van der Waals surface area contributed by atoms with Gasteiger partial charge in [0.25, 0.3) is 0 Å². The van der Waals surface area contributed by atoms with E-state index in [4.69, 9.17) is 4.74 Å². The Morgan fingerprint density at radius 1 is 1.15 bits per heavy atom. The molecule has 4 rings (SSSR count). The van der Waals surface area contributed by atoms with Gasteiger partial charge < -0.3 is 14.7 Å². The standard InChI is InChI=1S/C21H25N3O3/c1-13-4-9-17(21(25)26)20(22-13)24-11-15-10-23(2)19(18(15)12-24)14-5-7-16(27-3)8-6-14/h4-9,15,18-19H,10-12H2,1-3H3,(H,25,26)/t15-,18+,19-/m0/s1. The summed E-state index contributed by atoms with van der Waals surface area (Å²) in [5.74, 6) is 1.50. The van der Waals surface area contributed by atoms with Crippen LogP contribution in [-0.2, 0) is 0 Å². The van der Waals surface area contributed by atoms with E-state index < -0.39 is 5.97 Å². The number of methoxy groups -OCH3 is 1.